The van der Waals surface area contributed by atoms with Gasteiger partial charge >= 0.3 is 5.97 Å². The second-order valence-electron chi connectivity index (χ2n) is 5.32. The molecule has 0 radical (unpaired) electrons. The lowest BCUT2D eigenvalue weighted by molar-refractivity contribution is 0.0348. The van der Waals surface area contributed by atoms with E-state index in [-0.39, 0.29) is 5.97 Å². The fourth-order valence-electron chi connectivity index (χ4n) is 2.42. The van der Waals surface area contributed by atoms with Gasteiger partial charge in [-0.05, 0) is 42.6 Å². The maximum absolute atomic E-state index is 12.1. The maximum Gasteiger partial charge on any atom is 0.344 e. The summed E-state index contributed by atoms with van der Waals surface area (Å²) in [7, 11) is 1.80. The van der Waals surface area contributed by atoms with Gasteiger partial charge in [-0.2, -0.15) is 5.10 Å². The molecule has 0 aliphatic carbocycles. The molecule has 0 amide bonds. The molecule has 1 aliphatic rings. The van der Waals surface area contributed by atoms with Gasteiger partial charge in [-0.15, -0.1) is 0 Å². The average Bonchev–Trinajstić information content (AvgIpc) is 2.65. The van der Waals surface area contributed by atoms with Crippen LogP contribution in [-0.4, -0.2) is 46.2 Å². The van der Waals surface area contributed by atoms with Gasteiger partial charge in [0.2, 0.25) is 0 Å². The van der Waals surface area contributed by atoms with Crippen molar-refractivity contribution in [3.8, 4) is 0 Å². The number of anilines is 1. The van der Waals surface area contributed by atoms with Crippen LogP contribution in [0.1, 0.15) is 37.0 Å². The fourth-order valence-corrected chi connectivity index (χ4v) is 3.00. The molecule has 112 valence electrons. The number of hydrogen-bond donors (Lipinski definition) is 1. The molecule has 2 heterocycles. The molecule has 1 aromatic heterocycles. The summed E-state index contributed by atoms with van der Waals surface area (Å²) in [5, 5.41) is 14.3. The largest absolute Gasteiger partial charge is 0.462 e. The summed E-state index contributed by atoms with van der Waals surface area (Å²) in [5.74, 6) is 0.366. The molecule has 0 atom stereocenters. The van der Waals surface area contributed by atoms with Gasteiger partial charge < -0.3 is 14.7 Å². The lowest BCUT2D eigenvalue weighted by Gasteiger charge is -2.37. The maximum atomic E-state index is 12.1. The van der Waals surface area contributed by atoms with Gasteiger partial charge in [0.1, 0.15) is 16.0 Å². The summed E-state index contributed by atoms with van der Waals surface area (Å²) in [6.07, 6.45) is 1.33. The number of carbonyl (C=O) groups is 1. The van der Waals surface area contributed by atoms with Crippen LogP contribution in [0.3, 0.4) is 0 Å². The van der Waals surface area contributed by atoms with Crippen LogP contribution >= 0.6 is 15.9 Å². The Bertz CT molecular complexity index is 503. The van der Waals surface area contributed by atoms with E-state index >= 15 is 0 Å². The van der Waals surface area contributed by atoms with E-state index in [2.05, 4.69) is 25.9 Å². The third-order valence-electron chi connectivity index (χ3n) is 3.59. The van der Waals surface area contributed by atoms with E-state index in [9.17, 15) is 9.90 Å². The highest BCUT2D eigenvalue weighted by Crippen LogP contribution is 2.32. The number of rotatable bonds is 3. The fraction of sp³-hybridized carbons (Fsp3) is 0.692. The molecular formula is C13H20BrN3O3. The molecule has 20 heavy (non-hydrogen) atoms. The number of nitrogens with zero attached hydrogens (tertiary/aromatic N) is 3. The predicted molar refractivity (Wildman–Crippen MR) is 78.9 cm³/mol. The van der Waals surface area contributed by atoms with Crippen molar-refractivity contribution < 1.29 is 14.6 Å². The minimum atomic E-state index is -0.629. The van der Waals surface area contributed by atoms with Gasteiger partial charge in [0.25, 0.3) is 0 Å². The molecule has 0 bridgehead atoms. The van der Waals surface area contributed by atoms with E-state index in [1.165, 1.54) is 0 Å². The summed E-state index contributed by atoms with van der Waals surface area (Å²) in [4.78, 5) is 14.2. The molecule has 2 rings (SSSR count). The summed E-state index contributed by atoms with van der Waals surface area (Å²) in [5.41, 5.74) is -0.174. The predicted octanol–water partition coefficient (Wildman–Crippen LogP) is 1.71. The van der Waals surface area contributed by atoms with Crippen LogP contribution in [0.5, 0.6) is 0 Å². The number of aromatic nitrogens is 2. The van der Waals surface area contributed by atoms with Gasteiger partial charge in [0.05, 0.1) is 12.2 Å². The molecule has 1 N–H and O–H groups in total. The zero-order chi connectivity index (χ0) is 14.9. The topological polar surface area (TPSA) is 67.6 Å². The van der Waals surface area contributed by atoms with Crippen LogP contribution in [0.25, 0.3) is 0 Å². The van der Waals surface area contributed by atoms with E-state index in [0.717, 1.165) is 5.82 Å². The molecule has 0 unspecified atom stereocenters. The van der Waals surface area contributed by atoms with Crippen molar-refractivity contribution in [2.24, 2.45) is 7.05 Å². The molecule has 0 aromatic carbocycles. The summed E-state index contributed by atoms with van der Waals surface area (Å²) >= 11 is 3.32. The molecule has 1 aromatic rings. The van der Waals surface area contributed by atoms with E-state index < -0.39 is 5.60 Å². The summed E-state index contributed by atoms with van der Waals surface area (Å²) in [6.45, 7) is 5.32. The van der Waals surface area contributed by atoms with Crippen molar-refractivity contribution in [3.05, 3.63) is 10.2 Å². The van der Waals surface area contributed by atoms with Gasteiger partial charge in [-0.25, -0.2) is 4.79 Å². The zero-order valence-corrected chi connectivity index (χ0v) is 13.6. The molecule has 6 nitrogen and oxygen atoms in total. The van der Waals surface area contributed by atoms with Gasteiger partial charge in [0.15, 0.2) is 0 Å². The van der Waals surface area contributed by atoms with Crippen molar-refractivity contribution in [1.29, 1.82) is 0 Å². The molecule has 1 fully saturated rings. The lowest BCUT2D eigenvalue weighted by Crippen LogP contribution is -2.43. The van der Waals surface area contributed by atoms with Gasteiger partial charge in [-0.1, -0.05) is 0 Å². The first-order valence-corrected chi connectivity index (χ1v) is 7.52. The smallest absolute Gasteiger partial charge is 0.344 e. The van der Waals surface area contributed by atoms with Crippen LogP contribution in [0.4, 0.5) is 5.82 Å². The van der Waals surface area contributed by atoms with E-state index in [4.69, 9.17) is 4.74 Å². The van der Waals surface area contributed by atoms with E-state index in [0.29, 0.717) is 42.7 Å². The number of piperidine rings is 1. The van der Waals surface area contributed by atoms with Crippen LogP contribution in [0.2, 0.25) is 0 Å². The van der Waals surface area contributed by atoms with Crippen molar-refractivity contribution in [3.63, 3.8) is 0 Å². The first kappa shape index (κ1) is 15.3. The number of ether oxygens (including phenoxy) is 1. The third kappa shape index (κ3) is 2.98. The SMILES string of the molecule is CCOC(=O)c1c(Br)nn(C)c1N1CCC(C)(O)CC1. The van der Waals surface area contributed by atoms with Crippen LogP contribution in [0, 0.1) is 0 Å². The number of aliphatic hydroxyl groups is 1. The van der Waals surface area contributed by atoms with Crippen LogP contribution < -0.4 is 4.90 Å². The monoisotopic (exact) mass is 345 g/mol. The van der Waals surface area contributed by atoms with Crippen molar-refractivity contribution in [2.45, 2.75) is 32.3 Å². The Morgan fingerprint density at radius 1 is 1.50 bits per heavy atom. The highest BCUT2D eigenvalue weighted by molar-refractivity contribution is 9.10. The number of esters is 1. The Morgan fingerprint density at radius 2 is 2.10 bits per heavy atom. The second kappa shape index (κ2) is 5.73. The highest BCUT2D eigenvalue weighted by atomic mass is 79.9. The quantitative estimate of drug-likeness (QED) is 0.844. The molecule has 0 spiro atoms. The number of hydrogen-bond acceptors (Lipinski definition) is 5. The highest BCUT2D eigenvalue weighted by Gasteiger charge is 2.32. The number of aryl methyl sites for hydroxylation is 1. The molecule has 7 heteroatoms. The van der Waals surface area contributed by atoms with Gasteiger partial charge in [0, 0.05) is 20.1 Å². The Kier molecular flexibility index (Phi) is 4.39. The minimum Gasteiger partial charge on any atom is -0.462 e. The third-order valence-corrected chi connectivity index (χ3v) is 4.15. The Hall–Kier alpha value is -1.08. The van der Waals surface area contributed by atoms with Gasteiger partial charge in [-0.3, -0.25) is 4.68 Å². The Labute approximate surface area is 126 Å². The Morgan fingerprint density at radius 3 is 2.65 bits per heavy atom. The molecule has 1 saturated heterocycles. The lowest BCUT2D eigenvalue weighted by atomic mass is 9.94. The van der Waals surface area contributed by atoms with Crippen molar-refractivity contribution in [2.75, 3.05) is 24.6 Å². The van der Waals surface area contributed by atoms with E-state index in [1.807, 2.05) is 6.92 Å². The average molecular weight is 346 g/mol. The minimum absolute atomic E-state index is 0.328. The molecule has 1 aliphatic heterocycles. The second-order valence-corrected chi connectivity index (χ2v) is 6.07. The Balaban J connectivity index is 2.30. The number of halogens is 1. The summed E-state index contributed by atoms with van der Waals surface area (Å²) < 4.78 is 7.26. The van der Waals surface area contributed by atoms with Crippen LogP contribution in [0.15, 0.2) is 4.60 Å². The van der Waals surface area contributed by atoms with Crippen LogP contribution in [-0.2, 0) is 11.8 Å². The van der Waals surface area contributed by atoms with E-state index in [1.54, 1.807) is 18.7 Å². The van der Waals surface area contributed by atoms with Crippen molar-refractivity contribution in [1.82, 2.24) is 9.78 Å². The van der Waals surface area contributed by atoms with Crippen molar-refractivity contribution >= 4 is 27.7 Å². The molecular weight excluding hydrogens is 326 g/mol. The first-order valence-electron chi connectivity index (χ1n) is 6.72. The first-order chi connectivity index (χ1) is 9.35. The summed E-state index contributed by atoms with van der Waals surface area (Å²) in [6, 6.07) is 0. The standard InChI is InChI=1S/C13H20BrN3O3/c1-4-20-12(18)9-10(14)15-16(3)11(9)17-7-5-13(2,19)6-8-17/h19H,4-8H2,1-3H3. The molecule has 0 saturated carbocycles. The number of carbonyl (C=O) groups excluding carboxylic acids is 1. The normalized spacial score (nSPS) is 18.1. The zero-order valence-electron chi connectivity index (χ0n) is 12.0.